The molecule has 3 nitrogen and oxygen atoms in total. The summed E-state index contributed by atoms with van der Waals surface area (Å²) in [5.41, 5.74) is 11.3. The molecule has 0 aliphatic heterocycles. The van der Waals surface area contributed by atoms with Gasteiger partial charge in [-0.3, -0.25) is 0 Å². The second-order valence-electron chi connectivity index (χ2n) is 13.7. The molecule has 0 saturated carbocycles. The third-order valence-electron chi connectivity index (χ3n) is 10.9. The molecule has 0 radical (unpaired) electrons. The van der Waals surface area contributed by atoms with Crippen LogP contribution in [0.2, 0.25) is 0 Å². The Morgan fingerprint density at radius 3 is 1.94 bits per heavy atom. The van der Waals surface area contributed by atoms with Crippen molar-refractivity contribution < 1.29 is 4.42 Å². The molecular weight excluding hydrogens is 653 g/mol. The highest BCUT2D eigenvalue weighted by molar-refractivity contribution is 7.25. The van der Waals surface area contributed by atoms with Crippen LogP contribution in [-0.4, -0.2) is 4.40 Å². The monoisotopic (exact) mass is 680 g/mol. The zero-order chi connectivity index (χ0) is 33.9. The van der Waals surface area contributed by atoms with Gasteiger partial charge in [-0.25, -0.2) is 0 Å². The summed E-state index contributed by atoms with van der Waals surface area (Å²) in [6.45, 7) is 0. The maximum atomic E-state index is 6.28. The molecule has 4 aromatic heterocycles. The molecule has 0 aliphatic carbocycles. The van der Waals surface area contributed by atoms with Gasteiger partial charge in [0.25, 0.3) is 0 Å². The molecule has 12 rings (SSSR count). The maximum absolute atomic E-state index is 6.28. The van der Waals surface area contributed by atoms with Crippen LogP contribution in [0.3, 0.4) is 0 Å². The van der Waals surface area contributed by atoms with Crippen molar-refractivity contribution in [2.24, 2.45) is 0 Å². The van der Waals surface area contributed by atoms with Gasteiger partial charge in [0.1, 0.15) is 11.2 Å². The Morgan fingerprint density at radius 1 is 0.423 bits per heavy atom. The molecule has 0 spiro atoms. The van der Waals surface area contributed by atoms with Gasteiger partial charge in [0, 0.05) is 63.9 Å². The van der Waals surface area contributed by atoms with Gasteiger partial charge in [-0.05, 0) is 83.9 Å². The van der Waals surface area contributed by atoms with Crippen LogP contribution in [0.15, 0.2) is 174 Å². The number of hydrogen-bond acceptors (Lipinski definition) is 3. The SMILES string of the molecule is c1ccc2c(c1)oc1ccc(N(c3ccc(-c4ccc5sc6ccccc6c5c4)cc3)c3ccc4c5ccccc5n5c6ccccc6c3c45)cc12. The van der Waals surface area contributed by atoms with Crippen molar-refractivity contribution in [2.45, 2.75) is 0 Å². The number of furan rings is 1. The fourth-order valence-corrected chi connectivity index (χ4v) is 9.70. The summed E-state index contributed by atoms with van der Waals surface area (Å²) >= 11 is 1.86. The normalized spacial score (nSPS) is 12.2. The summed E-state index contributed by atoms with van der Waals surface area (Å²) in [5.74, 6) is 0. The molecule has 0 bridgehead atoms. The van der Waals surface area contributed by atoms with Crippen LogP contribution in [0.5, 0.6) is 0 Å². The molecule has 4 heterocycles. The van der Waals surface area contributed by atoms with Crippen LogP contribution in [-0.2, 0) is 0 Å². The number of aromatic nitrogens is 1. The minimum absolute atomic E-state index is 0.891. The topological polar surface area (TPSA) is 20.8 Å². The van der Waals surface area contributed by atoms with E-state index < -0.39 is 0 Å². The predicted octanol–water partition coefficient (Wildman–Crippen LogP) is 14.2. The Kier molecular flexibility index (Phi) is 5.65. The second-order valence-corrected chi connectivity index (χ2v) is 14.8. The van der Waals surface area contributed by atoms with Crippen molar-refractivity contribution in [1.82, 2.24) is 4.40 Å². The molecule has 0 amide bonds. The van der Waals surface area contributed by atoms with Gasteiger partial charge in [0.2, 0.25) is 0 Å². The van der Waals surface area contributed by atoms with Gasteiger partial charge in [0.05, 0.1) is 22.2 Å². The summed E-state index contributed by atoms with van der Waals surface area (Å²) in [6, 6.07) is 61.8. The summed E-state index contributed by atoms with van der Waals surface area (Å²) in [4.78, 5) is 2.43. The lowest BCUT2D eigenvalue weighted by Gasteiger charge is -2.27. The molecule has 0 aliphatic rings. The zero-order valence-electron chi connectivity index (χ0n) is 27.9. The van der Waals surface area contributed by atoms with Gasteiger partial charge in [-0.1, -0.05) is 97.1 Å². The summed E-state index contributed by atoms with van der Waals surface area (Å²) in [5, 5.41) is 9.91. The van der Waals surface area contributed by atoms with E-state index in [0.29, 0.717) is 0 Å². The fourth-order valence-electron chi connectivity index (χ4n) is 8.62. The van der Waals surface area contributed by atoms with Gasteiger partial charge in [0.15, 0.2) is 0 Å². The van der Waals surface area contributed by atoms with E-state index in [0.717, 1.165) is 39.0 Å². The highest BCUT2D eigenvalue weighted by Gasteiger charge is 2.24. The lowest BCUT2D eigenvalue weighted by Crippen LogP contribution is -2.10. The lowest BCUT2D eigenvalue weighted by molar-refractivity contribution is 0.669. The molecular formula is C48H28N2OS. The molecule has 0 fully saturated rings. The predicted molar refractivity (Wildman–Crippen MR) is 221 cm³/mol. The molecule has 0 unspecified atom stereocenters. The van der Waals surface area contributed by atoms with E-state index in [1.54, 1.807) is 0 Å². The number of rotatable bonds is 4. The Labute approximate surface area is 302 Å². The Hall–Kier alpha value is -6.62. The summed E-state index contributed by atoms with van der Waals surface area (Å²) in [7, 11) is 0. The fraction of sp³-hybridized carbons (Fsp3) is 0. The molecule has 0 N–H and O–H groups in total. The Balaban J connectivity index is 1.10. The average molecular weight is 681 g/mol. The van der Waals surface area contributed by atoms with Crippen molar-refractivity contribution in [3.05, 3.63) is 170 Å². The highest BCUT2D eigenvalue weighted by Crippen LogP contribution is 2.48. The van der Waals surface area contributed by atoms with Gasteiger partial charge >= 0.3 is 0 Å². The standard InChI is InChI=1S/C48H28N2OS/c1-5-13-40-33(9-1)36-23-24-42(47-37-12-2-6-14-41(37)50(40)48(36)47)49(32-22-25-44-38(28-32)34-10-3-7-15-43(34)51-44)31-20-17-29(18-21-31)30-19-26-46-39(27-30)35-11-4-8-16-45(35)52-46/h1-28H. The van der Waals surface area contributed by atoms with Crippen LogP contribution < -0.4 is 4.90 Å². The van der Waals surface area contributed by atoms with Crippen LogP contribution in [0, 0.1) is 0 Å². The second kappa shape index (κ2) is 10.5. The van der Waals surface area contributed by atoms with E-state index in [1.165, 1.54) is 69.4 Å². The number of para-hydroxylation sites is 3. The molecule has 12 aromatic rings. The molecule has 4 heteroatoms. The first-order valence-electron chi connectivity index (χ1n) is 17.7. The largest absolute Gasteiger partial charge is 0.456 e. The number of thiophene rings is 1. The number of anilines is 3. The van der Waals surface area contributed by atoms with Crippen LogP contribution in [0.1, 0.15) is 0 Å². The van der Waals surface area contributed by atoms with E-state index in [9.17, 15) is 0 Å². The average Bonchev–Trinajstić information content (AvgIpc) is 3.95. The van der Waals surface area contributed by atoms with Crippen molar-refractivity contribution in [1.29, 1.82) is 0 Å². The zero-order valence-corrected chi connectivity index (χ0v) is 28.7. The maximum Gasteiger partial charge on any atom is 0.135 e. The molecule has 0 atom stereocenters. The molecule has 242 valence electrons. The third-order valence-corrected chi connectivity index (χ3v) is 12.1. The minimum atomic E-state index is 0.891. The smallest absolute Gasteiger partial charge is 0.135 e. The third kappa shape index (κ3) is 3.84. The van der Waals surface area contributed by atoms with Crippen LogP contribution >= 0.6 is 11.3 Å². The lowest BCUT2D eigenvalue weighted by atomic mass is 10.0. The van der Waals surface area contributed by atoms with Crippen molar-refractivity contribution >= 4 is 109 Å². The van der Waals surface area contributed by atoms with E-state index in [2.05, 4.69) is 167 Å². The van der Waals surface area contributed by atoms with E-state index in [-0.39, 0.29) is 0 Å². The first-order valence-corrected chi connectivity index (χ1v) is 18.5. The summed E-state index contributed by atoms with van der Waals surface area (Å²) in [6.07, 6.45) is 0. The summed E-state index contributed by atoms with van der Waals surface area (Å²) < 4.78 is 11.4. The number of benzene rings is 8. The van der Waals surface area contributed by atoms with Crippen molar-refractivity contribution in [3.8, 4) is 11.1 Å². The first-order chi connectivity index (χ1) is 25.8. The van der Waals surface area contributed by atoms with Gasteiger partial charge < -0.3 is 13.7 Å². The number of nitrogens with zero attached hydrogens (tertiary/aromatic N) is 2. The highest BCUT2D eigenvalue weighted by atomic mass is 32.1. The van der Waals surface area contributed by atoms with Gasteiger partial charge in [-0.2, -0.15) is 0 Å². The van der Waals surface area contributed by atoms with Crippen LogP contribution in [0.4, 0.5) is 17.1 Å². The quantitative estimate of drug-likeness (QED) is 0.184. The Bertz CT molecular complexity index is 3360. The minimum Gasteiger partial charge on any atom is -0.456 e. The number of fused-ring (bicyclic) bond motifs is 12. The number of hydrogen-bond donors (Lipinski definition) is 0. The van der Waals surface area contributed by atoms with Gasteiger partial charge in [-0.15, -0.1) is 11.3 Å². The molecule has 0 saturated heterocycles. The van der Waals surface area contributed by atoms with Crippen molar-refractivity contribution in [3.63, 3.8) is 0 Å². The van der Waals surface area contributed by atoms with E-state index >= 15 is 0 Å². The van der Waals surface area contributed by atoms with Crippen molar-refractivity contribution in [2.75, 3.05) is 4.90 Å². The first kappa shape index (κ1) is 28.1. The van der Waals surface area contributed by atoms with E-state index in [1.807, 2.05) is 23.5 Å². The molecule has 8 aromatic carbocycles. The molecule has 52 heavy (non-hydrogen) atoms. The Morgan fingerprint density at radius 2 is 1.08 bits per heavy atom. The van der Waals surface area contributed by atoms with E-state index in [4.69, 9.17) is 4.42 Å². The van der Waals surface area contributed by atoms with Crippen LogP contribution in [0.25, 0.3) is 91.3 Å².